The maximum atomic E-state index is 12.9. The van der Waals surface area contributed by atoms with E-state index >= 15 is 0 Å². The third-order valence-corrected chi connectivity index (χ3v) is 6.57. The van der Waals surface area contributed by atoms with E-state index in [0.29, 0.717) is 11.3 Å². The SMILES string of the molecule is CCOC(=O)COc1c(Cl)cc(/C=C2\SC(=O)N(CCOc3cccc4ccccc34)C2=O)cc1OC. The molecule has 0 spiro atoms. The molecule has 0 aliphatic carbocycles. The molecule has 10 heteroatoms. The Bertz CT molecular complexity index is 1370. The fourth-order valence-corrected chi connectivity index (χ4v) is 4.85. The number of halogens is 1. The Balaban J connectivity index is 1.43. The molecule has 1 heterocycles. The fraction of sp³-hybridized carbons (Fsp3) is 0.222. The minimum atomic E-state index is -0.539. The van der Waals surface area contributed by atoms with Crippen molar-refractivity contribution in [3.63, 3.8) is 0 Å². The number of carbonyl (C=O) groups excluding carboxylic acids is 3. The molecule has 1 aliphatic heterocycles. The molecule has 37 heavy (non-hydrogen) atoms. The molecule has 0 N–H and O–H groups in total. The summed E-state index contributed by atoms with van der Waals surface area (Å²) in [7, 11) is 1.43. The van der Waals surface area contributed by atoms with Crippen LogP contribution in [0.4, 0.5) is 4.79 Å². The van der Waals surface area contributed by atoms with Gasteiger partial charge in [0.2, 0.25) is 0 Å². The first-order chi connectivity index (χ1) is 17.9. The number of rotatable bonds is 10. The third-order valence-electron chi connectivity index (χ3n) is 5.38. The molecule has 3 aromatic carbocycles. The van der Waals surface area contributed by atoms with Gasteiger partial charge in [0.1, 0.15) is 12.4 Å². The summed E-state index contributed by atoms with van der Waals surface area (Å²) >= 11 is 7.18. The Morgan fingerprint density at radius 2 is 1.84 bits per heavy atom. The second-order valence-corrected chi connectivity index (χ2v) is 9.19. The van der Waals surface area contributed by atoms with Gasteiger partial charge in [0.15, 0.2) is 18.1 Å². The number of hydrogen-bond donors (Lipinski definition) is 0. The van der Waals surface area contributed by atoms with E-state index in [9.17, 15) is 14.4 Å². The predicted molar refractivity (Wildman–Crippen MR) is 142 cm³/mol. The smallest absolute Gasteiger partial charge is 0.344 e. The fourth-order valence-electron chi connectivity index (χ4n) is 3.71. The molecule has 0 bridgehead atoms. The molecule has 0 saturated carbocycles. The number of benzene rings is 3. The lowest BCUT2D eigenvalue weighted by Gasteiger charge is -2.14. The predicted octanol–water partition coefficient (Wildman–Crippen LogP) is 5.56. The van der Waals surface area contributed by atoms with Crippen molar-refractivity contribution in [1.82, 2.24) is 4.90 Å². The van der Waals surface area contributed by atoms with Gasteiger partial charge in [0.25, 0.3) is 11.1 Å². The van der Waals surface area contributed by atoms with Crippen LogP contribution in [0.2, 0.25) is 5.02 Å². The van der Waals surface area contributed by atoms with E-state index in [0.717, 1.165) is 27.4 Å². The number of fused-ring (bicyclic) bond motifs is 1. The van der Waals surface area contributed by atoms with Crippen LogP contribution >= 0.6 is 23.4 Å². The van der Waals surface area contributed by atoms with Crippen molar-refractivity contribution in [2.75, 3.05) is 33.5 Å². The molecular formula is C27H24ClNO7S. The molecule has 8 nitrogen and oxygen atoms in total. The van der Waals surface area contributed by atoms with E-state index in [1.807, 2.05) is 42.5 Å². The maximum Gasteiger partial charge on any atom is 0.344 e. The van der Waals surface area contributed by atoms with Crippen molar-refractivity contribution in [3.05, 3.63) is 70.1 Å². The molecule has 0 atom stereocenters. The monoisotopic (exact) mass is 541 g/mol. The van der Waals surface area contributed by atoms with E-state index in [2.05, 4.69) is 0 Å². The molecule has 4 rings (SSSR count). The van der Waals surface area contributed by atoms with Crippen molar-refractivity contribution in [2.45, 2.75) is 6.92 Å². The number of ether oxygens (including phenoxy) is 4. The highest BCUT2D eigenvalue weighted by Gasteiger charge is 2.35. The zero-order valence-corrected chi connectivity index (χ0v) is 21.8. The van der Waals surface area contributed by atoms with E-state index in [4.69, 9.17) is 30.5 Å². The normalized spacial score (nSPS) is 14.4. The van der Waals surface area contributed by atoms with Crippen LogP contribution in [0.3, 0.4) is 0 Å². The van der Waals surface area contributed by atoms with Gasteiger partial charge in [-0.05, 0) is 53.9 Å². The Morgan fingerprint density at radius 3 is 2.62 bits per heavy atom. The molecule has 0 aromatic heterocycles. The lowest BCUT2D eigenvalue weighted by molar-refractivity contribution is -0.145. The summed E-state index contributed by atoms with van der Waals surface area (Å²) in [6.07, 6.45) is 1.56. The summed E-state index contributed by atoms with van der Waals surface area (Å²) in [6, 6.07) is 16.7. The summed E-state index contributed by atoms with van der Waals surface area (Å²) in [6.45, 7) is 1.86. The van der Waals surface area contributed by atoms with Gasteiger partial charge in [0, 0.05) is 5.39 Å². The number of amides is 2. The van der Waals surface area contributed by atoms with Crippen LogP contribution in [0.5, 0.6) is 17.2 Å². The van der Waals surface area contributed by atoms with Crippen molar-refractivity contribution in [3.8, 4) is 17.2 Å². The summed E-state index contributed by atoms with van der Waals surface area (Å²) in [5.74, 6) is 0.170. The second kappa shape index (κ2) is 12.0. The number of hydrogen-bond acceptors (Lipinski definition) is 8. The minimum Gasteiger partial charge on any atom is -0.493 e. The standard InChI is InChI=1S/C27H24ClNO7S/c1-3-34-24(30)16-36-25-20(28)13-17(14-22(25)33-2)15-23-26(31)29(27(32)37-23)11-12-35-21-10-6-8-18-7-4-5-9-19(18)21/h4-10,13-15H,3,11-12,16H2,1-2H3/b23-15-. The summed E-state index contributed by atoms with van der Waals surface area (Å²) in [4.78, 5) is 38.5. The average Bonchev–Trinajstić information content (AvgIpc) is 3.15. The Labute approximate surface area is 223 Å². The van der Waals surface area contributed by atoms with E-state index < -0.39 is 11.9 Å². The van der Waals surface area contributed by atoms with Crippen molar-refractivity contribution < 1.29 is 33.3 Å². The van der Waals surface area contributed by atoms with Gasteiger partial charge in [-0.3, -0.25) is 14.5 Å². The Morgan fingerprint density at radius 1 is 1.05 bits per heavy atom. The van der Waals surface area contributed by atoms with Gasteiger partial charge in [-0.15, -0.1) is 0 Å². The lowest BCUT2D eigenvalue weighted by atomic mass is 10.1. The molecule has 0 radical (unpaired) electrons. The molecule has 3 aromatic rings. The molecule has 1 aliphatic rings. The highest BCUT2D eigenvalue weighted by atomic mass is 35.5. The van der Waals surface area contributed by atoms with Crippen LogP contribution < -0.4 is 14.2 Å². The third kappa shape index (κ3) is 6.18. The van der Waals surface area contributed by atoms with Gasteiger partial charge in [0.05, 0.1) is 30.2 Å². The highest BCUT2D eigenvalue weighted by molar-refractivity contribution is 8.18. The van der Waals surface area contributed by atoms with Crippen molar-refractivity contribution >= 4 is 57.3 Å². The first-order valence-electron chi connectivity index (χ1n) is 11.4. The van der Waals surface area contributed by atoms with Gasteiger partial charge in [-0.25, -0.2) is 4.79 Å². The minimum absolute atomic E-state index is 0.107. The Kier molecular flexibility index (Phi) is 8.58. The summed E-state index contributed by atoms with van der Waals surface area (Å²) in [5.41, 5.74) is 0.530. The molecule has 0 unspecified atom stereocenters. The number of imide groups is 1. The first kappa shape index (κ1) is 26.4. The topological polar surface area (TPSA) is 91.4 Å². The zero-order chi connectivity index (χ0) is 26.4. The van der Waals surface area contributed by atoms with Crippen molar-refractivity contribution in [1.29, 1.82) is 0 Å². The van der Waals surface area contributed by atoms with Gasteiger partial charge < -0.3 is 18.9 Å². The number of carbonyl (C=O) groups is 3. The van der Waals surface area contributed by atoms with Gasteiger partial charge in [-0.2, -0.15) is 0 Å². The molecule has 192 valence electrons. The van der Waals surface area contributed by atoms with Gasteiger partial charge >= 0.3 is 5.97 Å². The number of thioether (sulfide) groups is 1. The largest absolute Gasteiger partial charge is 0.493 e. The quantitative estimate of drug-likeness (QED) is 0.243. The summed E-state index contributed by atoms with van der Waals surface area (Å²) < 4.78 is 21.5. The lowest BCUT2D eigenvalue weighted by Crippen LogP contribution is -2.32. The molecule has 2 amide bonds. The first-order valence-corrected chi connectivity index (χ1v) is 12.6. The Hall–Kier alpha value is -3.69. The highest BCUT2D eigenvalue weighted by Crippen LogP contribution is 2.39. The number of methoxy groups -OCH3 is 1. The van der Waals surface area contributed by atoms with Crippen LogP contribution in [0.1, 0.15) is 12.5 Å². The maximum absolute atomic E-state index is 12.9. The average molecular weight is 542 g/mol. The van der Waals surface area contributed by atoms with E-state index in [-0.39, 0.29) is 53.0 Å². The number of nitrogens with zero attached hydrogens (tertiary/aromatic N) is 1. The molecule has 1 fully saturated rings. The van der Waals surface area contributed by atoms with Gasteiger partial charge in [-0.1, -0.05) is 48.0 Å². The van der Waals surface area contributed by atoms with Crippen LogP contribution in [-0.4, -0.2) is 55.5 Å². The molecular weight excluding hydrogens is 518 g/mol. The molecule has 1 saturated heterocycles. The van der Waals surface area contributed by atoms with Crippen LogP contribution in [0.15, 0.2) is 59.5 Å². The summed E-state index contributed by atoms with van der Waals surface area (Å²) in [5, 5.41) is 1.79. The van der Waals surface area contributed by atoms with E-state index in [1.54, 1.807) is 25.1 Å². The van der Waals surface area contributed by atoms with E-state index in [1.165, 1.54) is 7.11 Å². The van der Waals surface area contributed by atoms with Crippen LogP contribution in [-0.2, 0) is 14.3 Å². The van der Waals surface area contributed by atoms with Crippen LogP contribution in [0, 0.1) is 0 Å². The second-order valence-electron chi connectivity index (χ2n) is 7.79. The van der Waals surface area contributed by atoms with Crippen LogP contribution in [0.25, 0.3) is 16.8 Å². The zero-order valence-electron chi connectivity index (χ0n) is 20.2. The number of esters is 1. The van der Waals surface area contributed by atoms with Crippen molar-refractivity contribution in [2.24, 2.45) is 0 Å².